The minimum absolute atomic E-state index is 0.0502. The average Bonchev–Trinajstić information content (AvgIpc) is 2.95. The molecule has 7 nitrogen and oxygen atoms in total. The predicted molar refractivity (Wildman–Crippen MR) is 115 cm³/mol. The number of phenolic OH excluding ortho intramolecular Hbond substituents is 1. The van der Waals surface area contributed by atoms with Crippen molar-refractivity contribution in [3.8, 4) is 5.75 Å². The van der Waals surface area contributed by atoms with Crippen LogP contribution in [0.5, 0.6) is 5.75 Å². The molecule has 1 aliphatic heterocycles. The number of amides is 2. The zero-order chi connectivity index (χ0) is 21.4. The van der Waals surface area contributed by atoms with Crippen molar-refractivity contribution in [2.24, 2.45) is 0 Å². The summed E-state index contributed by atoms with van der Waals surface area (Å²) < 4.78 is 4.35. The minimum Gasteiger partial charge on any atom is -0.508 e. The van der Waals surface area contributed by atoms with Crippen molar-refractivity contribution in [3.63, 3.8) is 0 Å². The molecular formula is C20H24BN2O5P. The molecule has 2 atom stereocenters. The second-order valence-electron chi connectivity index (χ2n) is 6.37. The Hall–Kier alpha value is -2.41. The minimum atomic E-state index is -2.08. The van der Waals surface area contributed by atoms with Crippen LogP contribution in [0.3, 0.4) is 0 Å². The second kappa shape index (κ2) is 10.4. The highest BCUT2D eigenvalue weighted by Gasteiger charge is 2.58. The maximum Gasteiger partial charge on any atom is 0.288 e. The summed E-state index contributed by atoms with van der Waals surface area (Å²) in [5, 5.41) is 22.7. The average molecular weight is 414 g/mol. The van der Waals surface area contributed by atoms with E-state index in [1.54, 1.807) is 37.4 Å². The third-order valence-corrected chi connectivity index (χ3v) is 4.63. The van der Waals surface area contributed by atoms with Crippen molar-refractivity contribution >= 4 is 39.4 Å². The van der Waals surface area contributed by atoms with Gasteiger partial charge in [-0.1, -0.05) is 31.5 Å². The van der Waals surface area contributed by atoms with E-state index in [2.05, 4.69) is 4.52 Å². The Kier molecular flexibility index (Phi) is 8.20. The van der Waals surface area contributed by atoms with E-state index in [0.717, 1.165) is 6.42 Å². The number of carbonyl (C=O) groups is 2. The van der Waals surface area contributed by atoms with Crippen LogP contribution >= 0.6 is 8.69 Å². The van der Waals surface area contributed by atoms with Crippen LogP contribution in [-0.2, 0) is 14.1 Å². The number of aliphatic hydroxyl groups is 1. The second-order valence-corrected chi connectivity index (χ2v) is 7.02. The number of hydrogen-bond acceptors (Lipinski definition) is 5. The molecule has 2 amide bonds. The maximum absolute atomic E-state index is 13.0. The largest absolute Gasteiger partial charge is 0.508 e. The zero-order valence-electron chi connectivity index (χ0n) is 16.4. The van der Waals surface area contributed by atoms with Crippen molar-refractivity contribution < 1.29 is 24.3 Å². The zero-order valence-corrected chi connectivity index (χ0v) is 17.4. The normalized spacial score (nSPS) is 19.0. The Morgan fingerprint density at radius 2 is 1.48 bits per heavy atom. The molecule has 1 aliphatic rings. The molecule has 1 fully saturated rings. The quantitative estimate of drug-likeness (QED) is 0.431. The number of para-hydroxylation sites is 1. The number of benzene rings is 2. The lowest BCUT2D eigenvalue weighted by Gasteiger charge is -2.27. The van der Waals surface area contributed by atoms with E-state index in [9.17, 15) is 19.8 Å². The molecule has 2 aromatic rings. The summed E-state index contributed by atoms with van der Waals surface area (Å²) >= 11 is 0. The number of carbonyl (C=O) groups excluding carboxylic acids is 2. The highest BCUT2D eigenvalue weighted by molar-refractivity contribution is 7.62. The van der Waals surface area contributed by atoms with E-state index >= 15 is 0 Å². The van der Waals surface area contributed by atoms with E-state index in [-0.39, 0.29) is 20.9 Å². The van der Waals surface area contributed by atoms with Gasteiger partial charge in [-0.25, -0.2) is 10.0 Å². The number of phenols is 1. The van der Waals surface area contributed by atoms with E-state index in [1.807, 2.05) is 6.92 Å². The first-order chi connectivity index (χ1) is 13.9. The molecule has 0 aliphatic carbocycles. The predicted octanol–water partition coefficient (Wildman–Crippen LogP) is 2.92. The number of hydrogen-bond donors (Lipinski definition) is 2. The third kappa shape index (κ3) is 4.96. The van der Waals surface area contributed by atoms with Gasteiger partial charge in [-0.3, -0.25) is 9.59 Å². The van der Waals surface area contributed by atoms with Crippen LogP contribution in [0.25, 0.3) is 0 Å². The summed E-state index contributed by atoms with van der Waals surface area (Å²) in [7, 11) is 6.54. The summed E-state index contributed by atoms with van der Waals surface area (Å²) in [6.45, 7) is 1.93. The summed E-state index contributed by atoms with van der Waals surface area (Å²) in [5.41, 5.74) is -1.20. The van der Waals surface area contributed by atoms with Gasteiger partial charge in [0.25, 0.3) is 11.8 Å². The SMILES string of the molecule is CCCCC1(O)C(=O)N(c2ccccc2)N(c2ccc(O)cc2)C1=O.[B]POC. The number of anilines is 2. The molecule has 0 saturated carbocycles. The summed E-state index contributed by atoms with van der Waals surface area (Å²) in [4.78, 5) is 25.9. The molecule has 1 heterocycles. The molecule has 152 valence electrons. The van der Waals surface area contributed by atoms with Gasteiger partial charge in [-0.2, -0.15) is 0 Å². The van der Waals surface area contributed by atoms with Crippen LogP contribution in [0, 0.1) is 0 Å². The number of unbranched alkanes of at least 4 members (excludes halogenated alkanes) is 1. The third-order valence-electron chi connectivity index (χ3n) is 4.40. The molecule has 2 unspecified atom stereocenters. The number of rotatable bonds is 6. The summed E-state index contributed by atoms with van der Waals surface area (Å²) in [5.74, 6) is -1.29. The lowest BCUT2D eigenvalue weighted by molar-refractivity contribution is -0.145. The monoisotopic (exact) mass is 414 g/mol. The first kappa shape index (κ1) is 22.9. The Balaban J connectivity index is 0.000000687. The molecule has 9 heteroatoms. The molecule has 1 saturated heterocycles. The van der Waals surface area contributed by atoms with Crippen molar-refractivity contribution in [1.82, 2.24) is 0 Å². The van der Waals surface area contributed by atoms with Gasteiger partial charge in [0, 0.05) is 7.11 Å². The van der Waals surface area contributed by atoms with Crippen molar-refractivity contribution in [1.29, 1.82) is 0 Å². The molecule has 29 heavy (non-hydrogen) atoms. The van der Waals surface area contributed by atoms with Gasteiger partial charge in [0.15, 0.2) is 0 Å². The van der Waals surface area contributed by atoms with E-state index < -0.39 is 17.4 Å². The fraction of sp³-hybridized carbons (Fsp3) is 0.300. The molecule has 0 aromatic heterocycles. The van der Waals surface area contributed by atoms with Gasteiger partial charge in [0.1, 0.15) is 13.3 Å². The summed E-state index contributed by atoms with van der Waals surface area (Å²) in [6, 6.07) is 14.6. The number of nitrogens with zero attached hydrogens (tertiary/aromatic N) is 2. The van der Waals surface area contributed by atoms with Gasteiger partial charge in [0.05, 0.1) is 11.4 Å². The van der Waals surface area contributed by atoms with Gasteiger partial charge in [-0.05, 0) is 57.9 Å². The molecular weight excluding hydrogens is 390 g/mol. The van der Waals surface area contributed by atoms with Crippen molar-refractivity contribution in [3.05, 3.63) is 54.6 Å². The molecule has 2 aromatic carbocycles. The Bertz CT molecular complexity index is 819. The molecule has 2 radical (unpaired) electrons. The van der Waals surface area contributed by atoms with Crippen LogP contribution in [0.15, 0.2) is 54.6 Å². The van der Waals surface area contributed by atoms with Gasteiger partial charge in [-0.15, -0.1) is 0 Å². The Labute approximate surface area is 173 Å². The van der Waals surface area contributed by atoms with Gasteiger partial charge < -0.3 is 14.7 Å². The summed E-state index contributed by atoms with van der Waals surface area (Å²) in [6.07, 6.45) is 1.38. The molecule has 0 spiro atoms. The maximum atomic E-state index is 13.0. The first-order valence-electron chi connectivity index (χ1n) is 9.14. The van der Waals surface area contributed by atoms with Crippen LogP contribution < -0.4 is 10.0 Å². The molecule has 0 bridgehead atoms. The highest BCUT2D eigenvalue weighted by atomic mass is 31.1. The fourth-order valence-electron chi connectivity index (χ4n) is 2.90. The first-order valence-corrected chi connectivity index (χ1v) is 10.1. The fourth-order valence-corrected chi connectivity index (χ4v) is 2.90. The molecule has 3 rings (SSSR count). The van der Waals surface area contributed by atoms with E-state index in [0.29, 0.717) is 17.8 Å². The van der Waals surface area contributed by atoms with Crippen LogP contribution in [-0.4, -0.2) is 42.3 Å². The van der Waals surface area contributed by atoms with Crippen LogP contribution in [0.4, 0.5) is 11.4 Å². The van der Waals surface area contributed by atoms with Crippen molar-refractivity contribution in [2.45, 2.75) is 31.8 Å². The van der Waals surface area contributed by atoms with Crippen LogP contribution in [0.1, 0.15) is 26.2 Å². The van der Waals surface area contributed by atoms with Gasteiger partial charge in [0.2, 0.25) is 5.60 Å². The standard InChI is InChI=1S/C19H20N2O4.CH4BOP/c1-2-3-13-19(25)17(23)20(14-7-5-4-6-8-14)21(18(19)24)15-9-11-16(22)12-10-15;1-3-4-2/h4-12,22,25H,2-3,13H2,1H3;4H,1H3. The van der Waals surface area contributed by atoms with Crippen molar-refractivity contribution in [2.75, 3.05) is 17.1 Å². The Morgan fingerprint density at radius 3 is 1.93 bits per heavy atom. The topological polar surface area (TPSA) is 90.3 Å². The van der Waals surface area contributed by atoms with E-state index in [1.165, 1.54) is 34.3 Å². The highest BCUT2D eigenvalue weighted by Crippen LogP contribution is 2.36. The molecule has 2 N–H and O–H groups in total. The lowest BCUT2D eigenvalue weighted by Crippen LogP contribution is -2.44. The lowest BCUT2D eigenvalue weighted by atomic mass is 9.96. The number of hydrazine groups is 1. The van der Waals surface area contributed by atoms with E-state index in [4.69, 9.17) is 7.57 Å². The number of aromatic hydroxyl groups is 1. The van der Waals surface area contributed by atoms with Crippen LogP contribution in [0.2, 0.25) is 0 Å². The van der Waals surface area contributed by atoms with Gasteiger partial charge >= 0.3 is 0 Å². The Morgan fingerprint density at radius 1 is 1.00 bits per heavy atom. The smallest absolute Gasteiger partial charge is 0.288 e.